The van der Waals surface area contributed by atoms with Crippen LogP contribution in [0.15, 0.2) is 30.3 Å². The van der Waals surface area contributed by atoms with Crippen LogP contribution in [0.1, 0.15) is 19.4 Å². The molecule has 4 heteroatoms. The fourth-order valence-electron chi connectivity index (χ4n) is 0.998. The molecule has 1 aromatic rings. The van der Waals surface area contributed by atoms with E-state index in [1.807, 2.05) is 32.0 Å². The van der Waals surface area contributed by atoms with Crippen molar-refractivity contribution in [2.75, 3.05) is 27.4 Å². The number of ether oxygens (including phenoxy) is 2. The van der Waals surface area contributed by atoms with Gasteiger partial charge in [-0.25, -0.2) is 8.78 Å². The SMILES string of the molecule is CC.COCC(F)(F)COC.Cc1ccccc1. The minimum Gasteiger partial charge on any atom is -0.378 e. The molecule has 0 spiro atoms. The lowest BCUT2D eigenvalue weighted by atomic mass is 10.2. The van der Waals surface area contributed by atoms with Crippen molar-refractivity contribution in [1.82, 2.24) is 0 Å². The molecule has 0 aromatic heterocycles. The van der Waals surface area contributed by atoms with Crippen molar-refractivity contribution >= 4 is 0 Å². The molecular formula is C14H24F2O2. The molecule has 18 heavy (non-hydrogen) atoms. The van der Waals surface area contributed by atoms with Crippen LogP contribution in [-0.2, 0) is 9.47 Å². The highest BCUT2D eigenvalue weighted by Crippen LogP contribution is 2.12. The summed E-state index contributed by atoms with van der Waals surface area (Å²) in [5.41, 5.74) is 1.32. The Labute approximate surface area is 109 Å². The molecule has 0 atom stereocenters. The van der Waals surface area contributed by atoms with Crippen molar-refractivity contribution in [3.05, 3.63) is 35.9 Å². The minimum absolute atomic E-state index is 0.582. The van der Waals surface area contributed by atoms with E-state index in [4.69, 9.17) is 0 Å². The predicted octanol–water partition coefficient (Wildman–Crippen LogP) is 3.94. The van der Waals surface area contributed by atoms with Gasteiger partial charge in [-0.1, -0.05) is 49.7 Å². The Morgan fingerprint density at radius 2 is 1.33 bits per heavy atom. The molecule has 0 heterocycles. The number of methoxy groups -OCH3 is 2. The third-order valence-electron chi connectivity index (χ3n) is 1.65. The second-order valence-corrected chi connectivity index (χ2v) is 3.38. The molecule has 0 saturated heterocycles. The molecule has 0 aliphatic heterocycles. The first kappa shape index (κ1) is 19.3. The van der Waals surface area contributed by atoms with Crippen LogP contribution in [0, 0.1) is 6.92 Å². The third-order valence-corrected chi connectivity index (χ3v) is 1.65. The molecule has 1 rings (SSSR count). The second-order valence-electron chi connectivity index (χ2n) is 3.38. The maximum Gasteiger partial charge on any atom is 0.293 e. The highest BCUT2D eigenvalue weighted by molar-refractivity contribution is 5.11. The van der Waals surface area contributed by atoms with Gasteiger partial charge < -0.3 is 9.47 Å². The molecule has 0 amide bonds. The van der Waals surface area contributed by atoms with E-state index in [1.54, 1.807) is 0 Å². The summed E-state index contributed by atoms with van der Waals surface area (Å²) < 4.78 is 32.8. The van der Waals surface area contributed by atoms with Gasteiger partial charge in [-0.3, -0.25) is 0 Å². The van der Waals surface area contributed by atoms with E-state index in [1.165, 1.54) is 19.8 Å². The zero-order valence-electron chi connectivity index (χ0n) is 11.9. The fourth-order valence-corrected chi connectivity index (χ4v) is 0.998. The largest absolute Gasteiger partial charge is 0.378 e. The van der Waals surface area contributed by atoms with Crippen molar-refractivity contribution in [3.8, 4) is 0 Å². The Morgan fingerprint density at radius 1 is 0.944 bits per heavy atom. The van der Waals surface area contributed by atoms with E-state index in [0.29, 0.717) is 0 Å². The van der Waals surface area contributed by atoms with Gasteiger partial charge in [0.2, 0.25) is 0 Å². The molecule has 0 bridgehead atoms. The van der Waals surface area contributed by atoms with Crippen molar-refractivity contribution < 1.29 is 18.3 Å². The van der Waals surface area contributed by atoms with Gasteiger partial charge in [-0.2, -0.15) is 0 Å². The van der Waals surface area contributed by atoms with Gasteiger partial charge in [0.05, 0.1) is 0 Å². The molecule has 0 aliphatic rings. The second kappa shape index (κ2) is 12.5. The predicted molar refractivity (Wildman–Crippen MR) is 71.2 cm³/mol. The van der Waals surface area contributed by atoms with Crippen LogP contribution in [0.5, 0.6) is 0 Å². The van der Waals surface area contributed by atoms with Crippen molar-refractivity contribution in [3.63, 3.8) is 0 Å². The molecule has 0 saturated carbocycles. The fraction of sp³-hybridized carbons (Fsp3) is 0.571. The Hall–Kier alpha value is -1.00. The lowest BCUT2D eigenvalue weighted by Gasteiger charge is -2.12. The first-order chi connectivity index (χ1) is 8.52. The van der Waals surface area contributed by atoms with Crippen LogP contribution in [0.3, 0.4) is 0 Å². The minimum atomic E-state index is -2.84. The van der Waals surface area contributed by atoms with E-state index in [2.05, 4.69) is 28.5 Å². The lowest BCUT2D eigenvalue weighted by molar-refractivity contribution is -0.107. The number of hydrogen-bond acceptors (Lipinski definition) is 2. The molecule has 1 aromatic carbocycles. The Morgan fingerprint density at radius 3 is 1.56 bits per heavy atom. The molecular weight excluding hydrogens is 238 g/mol. The van der Waals surface area contributed by atoms with Crippen molar-refractivity contribution in [2.24, 2.45) is 0 Å². The average Bonchev–Trinajstić information content (AvgIpc) is 2.33. The van der Waals surface area contributed by atoms with Gasteiger partial charge in [0.25, 0.3) is 5.92 Å². The maximum absolute atomic E-state index is 12.2. The Bertz CT molecular complexity index is 256. The topological polar surface area (TPSA) is 18.5 Å². The summed E-state index contributed by atoms with van der Waals surface area (Å²) >= 11 is 0. The van der Waals surface area contributed by atoms with E-state index in [0.717, 1.165) is 0 Å². The monoisotopic (exact) mass is 262 g/mol. The van der Waals surface area contributed by atoms with E-state index in [-0.39, 0.29) is 0 Å². The zero-order chi connectivity index (χ0) is 14.4. The summed E-state index contributed by atoms with van der Waals surface area (Å²) in [4.78, 5) is 0. The smallest absolute Gasteiger partial charge is 0.293 e. The molecule has 0 aliphatic carbocycles. The van der Waals surface area contributed by atoms with Crippen LogP contribution in [0.4, 0.5) is 8.78 Å². The van der Waals surface area contributed by atoms with Gasteiger partial charge in [-0.05, 0) is 6.92 Å². The molecule has 0 radical (unpaired) electrons. The first-order valence-electron chi connectivity index (χ1n) is 5.89. The van der Waals surface area contributed by atoms with Crippen LogP contribution in [-0.4, -0.2) is 33.4 Å². The van der Waals surface area contributed by atoms with E-state index >= 15 is 0 Å². The Balaban J connectivity index is 0. The maximum atomic E-state index is 12.2. The van der Waals surface area contributed by atoms with Crippen LogP contribution >= 0.6 is 0 Å². The highest BCUT2D eigenvalue weighted by Gasteiger charge is 2.28. The van der Waals surface area contributed by atoms with Gasteiger partial charge in [-0.15, -0.1) is 0 Å². The average molecular weight is 262 g/mol. The highest BCUT2D eigenvalue weighted by atomic mass is 19.3. The number of hydrogen-bond donors (Lipinski definition) is 0. The van der Waals surface area contributed by atoms with Crippen LogP contribution < -0.4 is 0 Å². The molecule has 106 valence electrons. The van der Waals surface area contributed by atoms with Crippen molar-refractivity contribution in [2.45, 2.75) is 26.7 Å². The lowest BCUT2D eigenvalue weighted by Crippen LogP contribution is -2.28. The molecule has 2 nitrogen and oxygen atoms in total. The van der Waals surface area contributed by atoms with Crippen LogP contribution in [0.25, 0.3) is 0 Å². The Kier molecular flexibility index (Phi) is 13.4. The first-order valence-corrected chi connectivity index (χ1v) is 5.89. The van der Waals surface area contributed by atoms with Gasteiger partial charge in [0, 0.05) is 14.2 Å². The number of alkyl halides is 2. The molecule has 0 N–H and O–H groups in total. The summed E-state index contributed by atoms with van der Waals surface area (Å²) in [6.45, 7) is 4.92. The number of rotatable bonds is 4. The molecule has 0 unspecified atom stereocenters. The number of benzene rings is 1. The summed E-state index contributed by atoms with van der Waals surface area (Å²) in [5, 5.41) is 0. The summed E-state index contributed by atoms with van der Waals surface area (Å²) in [5.74, 6) is -2.84. The third kappa shape index (κ3) is 13.1. The van der Waals surface area contributed by atoms with E-state index < -0.39 is 19.1 Å². The standard InChI is InChI=1S/C7H8.C5H10F2O2.C2H6/c1-7-5-3-2-4-6-7;1-8-3-5(6,7)4-9-2;1-2/h2-6H,1H3;3-4H2,1-2H3;1-2H3. The summed E-state index contributed by atoms with van der Waals surface area (Å²) in [7, 11) is 2.45. The van der Waals surface area contributed by atoms with Gasteiger partial charge >= 0.3 is 0 Å². The molecule has 0 fully saturated rings. The van der Waals surface area contributed by atoms with Gasteiger partial charge in [0.15, 0.2) is 0 Å². The normalized spacial score (nSPS) is 9.72. The summed E-state index contributed by atoms with van der Waals surface area (Å²) in [6, 6.07) is 10.3. The summed E-state index contributed by atoms with van der Waals surface area (Å²) in [6.07, 6.45) is 0. The number of halogens is 2. The van der Waals surface area contributed by atoms with Gasteiger partial charge in [0.1, 0.15) is 13.2 Å². The zero-order valence-corrected chi connectivity index (χ0v) is 11.9. The quantitative estimate of drug-likeness (QED) is 0.818. The number of aryl methyl sites for hydroxylation is 1. The van der Waals surface area contributed by atoms with Crippen LogP contribution in [0.2, 0.25) is 0 Å². The van der Waals surface area contributed by atoms with E-state index in [9.17, 15) is 8.78 Å². The van der Waals surface area contributed by atoms with Crippen molar-refractivity contribution in [1.29, 1.82) is 0 Å².